The lowest BCUT2D eigenvalue weighted by atomic mass is 10.1. The maximum Gasteiger partial charge on any atom is 0.186 e. The zero-order valence-electron chi connectivity index (χ0n) is 8.95. The predicted octanol–water partition coefficient (Wildman–Crippen LogP) is 0.671. The van der Waals surface area contributed by atoms with Crippen molar-refractivity contribution in [1.29, 1.82) is 0 Å². The molecule has 0 aliphatic carbocycles. The fraction of sp³-hybridized carbons (Fsp3) is 0.500. The van der Waals surface area contributed by atoms with Gasteiger partial charge in [-0.25, -0.2) is 0 Å². The lowest BCUT2D eigenvalue weighted by Gasteiger charge is -2.31. The zero-order chi connectivity index (χ0) is 11.4. The Bertz CT molecular complexity index is 314. The van der Waals surface area contributed by atoms with Gasteiger partial charge < -0.3 is 19.7 Å². The van der Waals surface area contributed by atoms with Crippen LogP contribution in [0.1, 0.15) is 12.0 Å². The van der Waals surface area contributed by atoms with Gasteiger partial charge in [-0.15, -0.1) is 0 Å². The van der Waals surface area contributed by atoms with Crippen LogP contribution in [0, 0.1) is 0 Å². The van der Waals surface area contributed by atoms with Crippen LogP contribution in [0.3, 0.4) is 0 Å². The Kier molecular flexibility index (Phi) is 3.90. The number of rotatable bonds is 3. The lowest BCUT2D eigenvalue weighted by molar-refractivity contribution is -0.247. The number of aliphatic hydroxyl groups excluding tert-OH is 2. The highest BCUT2D eigenvalue weighted by Crippen LogP contribution is 2.17. The Hall–Kier alpha value is -0.940. The molecule has 4 nitrogen and oxygen atoms in total. The van der Waals surface area contributed by atoms with Crippen molar-refractivity contribution in [3.8, 4) is 0 Å². The molecule has 2 N–H and O–H groups in total. The van der Waals surface area contributed by atoms with Crippen molar-refractivity contribution >= 4 is 0 Å². The van der Waals surface area contributed by atoms with Crippen LogP contribution < -0.4 is 0 Å². The van der Waals surface area contributed by atoms with Gasteiger partial charge in [0.25, 0.3) is 0 Å². The Morgan fingerprint density at radius 2 is 2.00 bits per heavy atom. The molecule has 1 aliphatic rings. The third-order valence-electron chi connectivity index (χ3n) is 2.63. The van der Waals surface area contributed by atoms with Crippen LogP contribution in [0.4, 0.5) is 0 Å². The van der Waals surface area contributed by atoms with Gasteiger partial charge in [0.1, 0.15) is 6.10 Å². The van der Waals surface area contributed by atoms with Crippen LogP contribution in [0.5, 0.6) is 0 Å². The molecule has 1 aromatic rings. The molecule has 1 aromatic carbocycles. The van der Waals surface area contributed by atoms with Crippen LogP contribution in [0.15, 0.2) is 30.3 Å². The predicted molar refractivity (Wildman–Crippen MR) is 57.6 cm³/mol. The summed E-state index contributed by atoms with van der Waals surface area (Å²) in [6, 6.07) is 9.65. The number of aliphatic hydroxyl groups is 2. The molecular formula is C12H16O4. The van der Waals surface area contributed by atoms with Crippen molar-refractivity contribution in [2.24, 2.45) is 0 Å². The summed E-state index contributed by atoms with van der Waals surface area (Å²) in [4.78, 5) is 0. The van der Waals surface area contributed by atoms with Gasteiger partial charge in [0, 0.05) is 0 Å². The van der Waals surface area contributed by atoms with E-state index in [0.717, 1.165) is 5.56 Å². The molecule has 3 atom stereocenters. The summed E-state index contributed by atoms with van der Waals surface area (Å²) in [6.07, 6.45) is -2.00. The van der Waals surface area contributed by atoms with Crippen molar-refractivity contribution in [3.05, 3.63) is 35.9 Å². The van der Waals surface area contributed by atoms with Gasteiger partial charge in [-0.1, -0.05) is 30.3 Å². The fourth-order valence-electron chi connectivity index (χ4n) is 1.65. The summed E-state index contributed by atoms with van der Waals surface area (Å²) in [5.41, 5.74) is 1.01. The molecule has 1 aliphatic heterocycles. The highest BCUT2D eigenvalue weighted by atomic mass is 16.7. The van der Waals surface area contributed by atoms with Crippen molar-refractivity contribution < 1.29 is 19.7 Å². The van der Waals surface area contributed by atoms with E-state index in [4.69, 9.17) is 9.47 Å². The molecule has 2 rings (SSSR count). The maximum atomic E-state index is 9.62. The normalized spacial score (nSPS) is 30.2. The molecule has 0 bridgehead atoms. The highest BCUT2D eigenvalue weighted by molar-refractivity contribution is 5.13. The first kappa shape index (κ1) is 11.5. The molecule has 0 spiro atoms. The van der Waals surface area contributed by atoms with Crippen molar-refractivity contribution in [2.45, 2.75) is 31.5 Å². The van der Waals surface area contributed by atoms with Crippen LogP contribution in [0.2, 0.25) is 0 Å². The molecule has 0 unspecified atom stereocenters. The quantitative estimate of drug-likeness (QED) is 0.792. The van der Waals surface area contributed by atoms with Crippen molar-refractivity contribution in [2.75, 3.05) is 6.61 Å². The van der Waals surface area contributed by atoms with Gasteiger partial charge in [0.2, 0.25) is 0 Å². The Morgan fingerprint density at radius 3 is 2.75 bits per heavy atom. The first-order valence-electron chi connectivity index (χ1n) is 5.40. The monoisotopic (exact) mass is 224 g/mol. The summed E-state index contributed by atoms with van der Waals surface area (Å²) >= 11 is 0. The van der Waals surface area contributed by atoms with Gasteiger partial charge in [-0.2, -0.15) is 0 Å². The molecule has 4 heteroatoms. The molecular weight excluding hydrogens is 208 g/mol. The van der Waals surface area contributed by atoms with E-state index in [9.17, 15) is 10.2 Å². The molecule has 0 aromatic heterocycles. The second-order valence-corrected chi connectivity index (χ2v) is 3.88. The standard InChI is InChI=1S/C12H16O4/c13-10-6-7-15-12(11(10)14)16-8-9-4-2-1-3-5-9/h1-5,10-14H,6-8H2/t10-,11+,12-/m0/s1. The van der Waals surface area contributed by atoms with E-state index in [1.165, 1.54) is 0 Å². The number of benzene rings is 1. The van der Waals surface area contributed by atoms with E-state index in [1.807, 2.05) is 30.3 Å². The van der Waals surface area contributed by atoms with Crippen molar-refractivity contribution in [1.82, 2.24) is 0 Å². The van der Waals surface area contributed by atoms with E-state index >= 15 is 0 Å². The average Bonchev–Trinajstić information content (AvgIpc) is 2.32. The smallest absolute Gasteiger partial charge is 0.186 e. The first-order chi connectivity index (χ1) is 7.77. The minimum absolute atomic E-state index is 0.370. The largest absolute Gasteiger partial charge is 0.390 e. The summed E-state index contributed by atoms with van der Waals surface area (Å²) < 4.78 is 10.7. The minimum atomic E-state index is -0.961. The van der Waals surface area contributed by atoms with Gasteiger partial charge >= 0.3 is 0 Å². The molecule has 1 fully saturated rings. The molecule has 88 valence electrons. The van der Waals surface area contributed by atoms with Crippen LogP contribution in [0.25, 0.3) is 0 Å². The Balaban J connectivity index is 1.85. The van der Waals surface area contributed by atoms with Crippen LogP contribution in [-0.2, 0) is 16.1 Å². The highest BCUT2D eigenvalue weighted by Gasteiger charge is 2.31. The topological polar surface area (TPSA) is 58.9 Å². The van der Waals surface area contributed by atoms with Crippen LogP contribution >= 0.6 is 0 Å². The van der Waals surface area contributed by atoms with E-state index in [2.05, 4.69) is 0 Å². The number of hydrogen-bond acceptors (Lipinski definition) is 4. The lowest BCUT2D eigenvalue weighted by Crippen LogP contribution is -2.45. The van der Waals surface area contributed by atoms with Gasteiger partial charge in [0.15, 0.2) is 6.29 Å². The molecule has 1 saturated heterocycles. The Morgan fingerprint density at radius 1 is 1.25 bits per heavy atom. The molecule has 0 radical (unpaired) electrons. The minimum Gasteiger partial charge on any atom is -0.390 e. The summed E-state index contributed by atoms with van der Waals surface area (Å²) in [6.45, 7) is 0.785. The first-order valence-corrected chi connectivity index (χ1v) is 5.40. The van der Waals surface area contributed by atoms with E-state index in [1.54, 1.807) is 0 Å². The SMILES string of the molecule is O[C@H]1[C@H](OCc2ccccc2)OCC[C@@H]1O. The molecule has 16 heavy (non-hydrogen) atoms. The molecule has 0 saturated carbocycles. The van der Waals surface area contributed by atoms with E-state index in [0.29, 0.717) is 19.6 Å². The number of hydrogen-bond donors (Lipinski definition) is 2. The maximum absolute atomic E-state index is 9.62. The average molecular weight is 224 g/mol. The van der Waals surface area contributed by atoms with E-state index in [-0.39, 0.29) is 0 Å². The second-order valence-electron chi connectivity index (χ2n) is 3.88. The zero-order valence-corrected chi connectivity index (χ0v) is 8.95. The third-order valence-corrected chi connectivity index (χ3v) is 2.63. The number of ether oxygens (including phenoxy) is 2. The fourth-order valence-corrected chi connectivity index (χ4v) is 1.65. The van der Waals surface area contributed by atoms with Gasteiger partial charge in [-0.05, 0) is 12.0 Å². The molecule has 0 amide bonds. The summed E-state index contributed by atoms with van der Waals surface area (Å²) in [5, 5.41) is 19.1. The third kappa shape index (κ3) is 2.80. The summed E-state index contributed by atoms with van der Waals surface area (Å²) in [7, 11) is 0. The van der Waals surface area contributed by atoms with E-state index < -0.39 is 18.5 Å². The summed E-state index contributed by atoms with van der Waals surface area (Å²) in [5.74, 6) is 0. The molecule has 1 heterocycles. The Labute approximate surface area is 94.4 Å². The van der Waals surface area contributed by atoms with Crippen LogP contribution in [-0.4, -0.2) is 35.3 Å². The second kappa shape index (κ2) is 5.41. The van der Waals surface area contributed by atoms with Gasteiger partial charge in [-0.3, -0.25) is 0 Å². The van der Waals surface area contributed by atoms with Crippen molar-refractivity contribution in [3.63, 3.8) is 0 Å². The van der Waals surface area contributed by atoms with Gasteiger partial charge in [0.05, 0.1) is 19.3 Å².